The van der Waals surface area contributed by atoms with Crippen LogP contribution in [0.15, 0.2) is 18.2 Å². The Labute approximate surface area is 201 Å². The lowest BCUT2D eigenvalue weighted by atomic mass is 9.88. The molecule has 188 valence electrons. The first-order chi connectivity index (χ1) is 16.1. The van der Waals surface area contributed by atoms with Gasteiger partial charge in [0.25, 0.3) is 0 Å². The number of nitrogens with zero attached hydrogens (tertiary/aromatic N) is 1. The SMILES string of the molecule is COC(=O)c1ccc(OC2CC(NCC3CCN(C(=O)OC(C)(C)C)CC3)C2)cc1C(=O)OC. The fourth-order valence-electron chi connectivity index (χ4n) is 4.16. The predicted molar refractivity (Wildman–Crippen MR) is 125 cm³/mol. The van der Waals surface area contributed by atoms with Crippen molar-refractivity contribution in [1.82, 2.24) is 10.2 Å². The molecule has 9 nitrogen and oxygen atoms in total. The highest BCUT2D eigenvalue weighted by Crippen LogP contribution is 2.29. The molecule has 1 amide bonds. The maximum Gasteiger partial charge on any atom is 0.410 e. The molecule has 1 saturated carbocycles. The van der Waals surface area contributed by atoms with Gasteiger partial charge in [-0.15, -0.1) is 0 Å². The fourth-order valence-corrected chi connectivity index (χ4v) is 4.16. The van der Waals surface area contributed by atoms with Crippen LogP contribution in [0.25, 0.3) is 0 Å². The largest absolute Gasteiger partial charge is 0.490 e. The van der Waals surface area contributed by atoms with Gasteiger partial charge >= 0.3 is 18.0 Å². The molecule has 1 aromatic carbocycles. The first-order valence-corrected chi connectivity index (χ1v) is 11.8. The third-order valence-corrected chi connectivity index (χ3v) is 6.16. The molecule has 1 N–H and O–H groups in total. The maximum atomic E-state index is 12.2. The molecule has 34 heavy (non-hydrogen) atoms. The minimum Gasteiger partial charge on any atom is -0.490 e. The Morgan fingerprint density at radius 3 is 2.21 bits per heavy atom. The van der Waals surface area contributed by atoms with Crippen molar-refractivity contribution in [2.45, 2.75) is 64.2 Å². The molecular weight excluding hydrogens is 440 g/mol. The molecule has 0 radical (unpaired) electrons. The van der Waals surface area contributed by atoms with E-state index in [1.54, 1.807) is 11.0 Å². The van der Waals surface area contributed by atoms with Crippen molar-refractivity contribution in [3.8, 4) is 5.75 Å². The summed E-state index contributed by atoms with van der Waals surface area (Å²) in [7, 11) is 2.53. The third-order valence-electron chi connectivity index (χ3n) is 6.16. The Kier molecular flexibility index (Phi) is 8.41. The second kappa shape index (κ2) is 11.1. The predicted octanol–water partition coefficient (Wildman–Crippen LogP) is 3.41. The van der Waals surface area contributed by atoms with Gasteiger partial charge in [0.1, 0.15) is 17.5 Å². The quantitative estimate of drug-likeness (QED) is 0.472. The lowest BCUT2D eigenvalue weighted by molar-refractivity contribution is 0.0177. The number of carbonyl (C=O) groups excluding carboxylic acids is 3. The molecule has 1 aromatic rings. The van der Waals surface area contributed by atoms with Gasteiger partial charge in [0.05, 0.1) is 25.3 Å². The summed E-state index contributed by atoms with van der Waals surface area (Å²) in [5, 5.41) is 3.61. The first-order valence-electron chi connectivity index (χ1n) is 11.8. The van der Waals surface area contributed by atoms with Crippen LogP contribution in [0.4, 0.5) is 4.79 Å². The lowest BCUT2D eigenvalue weighted by Crippen LogP contribution is -2.49. The van der Waals surface area contributed by atoms with E-state index in [4.69, 9.17) is 18.9 Å². The molecule has 0 unspecified atom stereocenters. The molecule has 1 aliphatic carbocycles. The van der Waals surface area contributed by atoms with E-state index in [1.165, 1.54) is 26.4 Å². The zero-order valence-corrected chi connectivity index (χ0v) is 20.7. The van der Waals surface area contributed by atoms with Crippen LogP contribution in [-0.2, 0) is 14.2 Å². The Morgan fingerprint density at radius 1 is 1.00 bits per heavy atom. The highest BCUT2D eigenvalue weighted by Gasteiger charge is 2.32. The molecule has 2 fully saturated rings. The summed E-state index contributed by atoms with van der Waals surface area (Å²) in [6.45, 7) is 8.01. The number of esters is 2. The van der Waals surface area contributed by atoms with Crippen LogP contribution in [0.3, 0.4) is 0 Å². The van der Waals surface area contributed by atoms with Gasteiger partial charge in [-0.2, -0.15) is 0 Å². The molecule has 3 rings (SSSR count). The Bertz CT molecular complexity index is 882. The second-order valence-electron chi connectivity index (χ2n) is 9.92. The van der Waals surface area contributed by atoms with Crippen molar-refractivity contribution in [3.63, 3.8) is 0 Å². The third kappa shape index (κ3) is 6.85. The molecule has 0 aromatic heterocycles. The van der Waals surface area contributed by atoms with Gasteiger partial charge in [-0.1, -0.05) is 0 Å². The van der Waals surface area contributed by atoms with Crippen molar-refractivity contribution in [3.05, 3.63) is 29.3 Å². The van der Waals surface area contributed by atoms with Gasteiger partial charge in [0, 0.05) is 19.1 Å². The Morgan fingerprint density at radius 2 is 1.62 bits per heavy atom. The molecule has 1 heterocycles. The number of methoxy groups -OCH3 is 2. The van der Waals surface area contributed by atoms with Crippen molar-refractivity contribution in [2.75, 3.05) is 33.9 Å². The van der Waals surface area contributed by atoms with Crippen molar-refractivity contribution in [2.24, 2.45) is 5.92 Å². The maximum absolute atomic E-state index is 12.2. The van der Waals surface area contributed by atoms with Gasteiger partial charge < -0.3 is 29.2 Å². The van der Waals surface area contributed by atoms with Gasteiger partial charge in [-0.05, 0) is 77.1 Å². The summed E-state index contributed by atoms with van der Waals surface area (Å²) in [6.07, 6.45) is 3.46. The molecule has 1 saturated heterocycles. The second-order valence-corrected chi connectivity index (χ2v) is 9.92. The monoisotopic (exact) mass is 476 g/mol. The summed E-state index contributed by atoms with van der Waals surface area (Å²) in [5.74, 6) is -0.161. The minimum absolute atomic E-state index is 0.0426. The average molecular weight is 477 g/mol. The van der Waals surface area contributed by atoms with E-state index in [-0.39, 0.29) is 23.3 Å². The van der Waals surface area contributed by atoms with E-state index in [2.05, 4.69) is 5.32 Å². The Balaban J connectivity index is 1.40. The molecule has 0 bridgehead atoms. The summed E-state index contributed by atoms with van der Waals surface area (Å²) in [5.41, 5.74) is -0.200. The summed E-state index contributed by atoms with van der Waals surface area (Å²) < 4.78 is 21.0. The molecule has 0 spiro atoms. The van der Waals surface area contributed by atoms with Gasteiger partial charge in [0.15, 0.2) is 0 Å². The summed E-state index contributed by atoms with van der Waals surface area (Å²) >= 11 is 0. The lowest BCUT2D eigenvalue weighted by Gasteiger charge is -2.38. The molecule has 1 aliphatic heterocycles. The standard InChI is InChI=1S/C25H36N2O7/c1-25(2,3)34-24(30)27-10-8-16(9-11-27)15-26-17-12-19(13-17)33-18-6-7-20(22(28)31-4)21(14-18)23(29)32-5/h6-7,14,16-17,19,26H,8-13,15H2,1-5H3. The van der Waals surface area contributed by atoms with Crippen LogP contribution in [0.2, 0.25) is 0 Å². The topological polar surface area (TPSA) is 103 Å². The van der Waals surface area contributed by atoms with Crippen LogP contribution in [0.1, 0.15) is 67.2 Å². The number of amides is 1. The number of rotatable bonds is 7. The number of likely N-dealkylation sites (tertiary alicyclic amines) is 1. The normalized spacial score (nSPS) is 20.8. The van der Waals surface area contributed by atoms with Gasteiger partial charge in [-0.25, -0.2) is 14.4 Å². The van der Waals surface area contributed by atoms with Gasteiger partial charge in [0.2, 0.25) is 0 Å². The van der Waals surface area contributed by atoms with Crippen molar-refractivity contribution >= 4 is 18.0 Å². The molecule has 2 aliphatic rings. The van der Waals surface area contributed by atoms with E-state index >= 15 is 0 Å². The first kappa shape index (κ1) is 25.8. The number of ether oxygens (including phenoxy) is 4. The summed E-state index contributed by atoms with van der Waals surface area (Å²) in [6, 6.07) is 5.09. The number of nitrogens with one attached hydrogen (secondary N) is 1. The van der Waals surface area contributed by atoms with Crippen LogP contribution >= 0.6 is 0 Å². The Hall–Kier alpha value is -2.81. The molecule has 9 heteroatoms. The fraction of sp³-hybridized carbons (Fsp3) is 0.640. The highest BCUT2D eigenvalue weighted by molar-refractivity contribution is 6.03. The van der Waals surface area contributed by atoms with E-state index in [9.17, 15) is 14.4 Å². The van der Waals surface area contributed by atoms with Crippen molar-refractivity contribution in [1.29, 1.82) is 0 Å². The van der Waals surface area contributed by atoms with E-state index in [0.717, 1.165) is 45.3 Å². The minimum atomic E-state index is -0.614. The number of carbonyl (C=O) groups is 3. The summed E-state index contributed by atoms with van der Waals surface area (Å²) in [4.78, 5) is 38.0. The zero-order chi connectivity index (χ0) is 24.9. The molecular formula is C25H36N2O7. The molecule has 0 atom stereocenters. The highest BCUT2D eigenvalue weighted by atomic mass is 16.6. The van der Waals surface area contributed by atoms with Crippen LogP contribution in [0.5, 0.6) is 5.75 Å². The van der Waals surface area contributed by atoms with Gasteiger partial charge in [-0.3, -0.25) is 0 Å². The van der Waals surface area contributed by atoms with Crippen molar-refractivity contribution < 1.29 is 33.3 Å². The van der Waals surface area contributed by atoms with Crippen LogP contribution in [0, 0.1) is 5.92 Å². The smallest absolute Gasteiger partial charge is 0.410 e. The van der Waals surface area contributed by atoms with Crippen LogP contribution in [-0.4, -0.2) is 74.5 Å². The number of hydrogen-bond donors (Lipinski definition) is 1. The van der Waals surface area contributed by atoms with E-state index in [1.807, 2.05) is 20.8 Å². The van der Waals surface area contributed by atoms with E-state index in [0.29, 0.717) is 17.7 Å². The number of piperidine rings is 1. The van der Waals surface area contributed by atoms with Crippen LogP contribution < -0.4 is 10.1 Å². The number of hydrogen-bond acceptors (Lipinski definition) is 8. The average Bonchev–Trinajstić information content (AvgIpc) is 2.78. The zero-order valence-electron chi connectivity index (χ0n) is 20.7. The van der Waals surface area contributed by atoms with E-state index < -0.39 is 17.5 Å². The number of benzene rings is 1.